The number of amides is 1. The van der Waals surface area contributed by atoms with E-state index in [1.54, 1.807) is 19.1 Å². The van der Waals surface area contributed by atoms with Gasteiger partial charge in [0.05, 0.1) is 5.92 Å². The van der Waals surface area contributed by atoms with E-state index >= 15 is 0 Å². The van der Waals surface area contributed by atoms with Gasteiger partial charge in [-0.25, -0.2) is 15.2 Å². The van der Waals surface area contributed by atoms with Gasteiger partial charge in [-0.1, -0.05) is 42.5 Å². The zero-order valence-electron chi connectivity index (χ0n) is 12.6. The number of rotatable bonds is 4. The van der Waals surface area contributed by atoms with Crippen LogP contribution in [0.2, 0.25) is 0 Å². The average Bonchev–Trinajstić information content (AvgIpc) is 3.07. The zero-order valence-corrected chi connectivity index (χ0v) is 12.6. The van der Waals surface area contributed by atoms with E-state index in [9.17, 15) is 9.18 Å². The van der Waals surface area contributed by atoms with Crippen molar-refractivity contribution in [2.45, 2.75) is 19.1 Å². The first-order valence-electron chi connectivity index (χ1n) is 7.31. The van der Waals surface area contributed by atoms with Crippen molar-refractivity contribution in [3.8, 4) is 11.1 Å². The summed E-state index contributed by atoms with van der Waals surface area (Å²) in [5, 5.41) is 2.73. The van der Waals surface area contributed by atoms with E-state index < -0.39 is 12.2 Å². The third kappa shape index (κ3) is 3.54. The lowest BCUT2D eigenvalue weighted by molar-refractivity contribution is -0.123. The third-order valence-corrected chi connectivity index (χ3v) is 3.75. The second kappa shape index (κ2) is 6.84. The molecule has 23 heavy (non-hydrogen) atoms. The Labute approximate surface area is 133 Å². The van der Waals surface area contributed by atoms with Crippen molar-refractivity contribution in [3.63, 3.8) is 0 Å². The van der Waals surface area contributed by atoms with Crippen molar-refractivity contribution in [1.29, 1.82) is 0 Å². The summed E-state index contributed by atoms with van der Waals surface area (Å²) in [6.07, 6.45) is -0.432. The minimum absolute atomic E-state index is 0.215. The highest BCUT2D eigenvalue weighted by Crippen LogP contribution is 2.26. The lowest BCUT2D eigenvalue weighted by Crippen LogP contribution is -2.50. The number of hydrogen-bond donors (Lipinski definition) is 5. The van der Waals surface area contributed by atoms with E-state index in [0.29, 0.717) is 11.1 Å². The molecule has 3 rings (SSSR count). The minimum atomic E-state index is -0.474. The van der Waals surface area contributed by atoms with E-state index in [4.69, 9.17) is 0 Å². The molecule has 7 heteroatoms. The largest absolute Gasteiger partial charge is 0.326 e. The molecule has 0 radical (unpaired) electrons. The summed E-state index contributed by atoms with van der Waals surface area (Å²) < 4.78 is 14.4. The van der Waals surface area contributed by atoms with E-state index in [1.807, 2.05) is 30.3 Å². The third-order valence-electron chi connectivity index (χ3n) is 3.75. The molecular weight excluding hydrogens is 297 g/mol. The first kappa shape index (κ1) is 15.6. The molecule has 2 aromatic carbocycles. The van der Waals surface area contributed by atoms with Crippen molar-refractivity contribution in [1.82, 2.24) is 27.2 Å². The Morgan fingerprint density at radius 1 is 1.13 bits per heavy atom. The maximum atomic E-state index is 14.4. The molecule has 0 saturated carbocycles. The van der Waals surface area contributed by atoms with Gasteiger partial charge in [-0.15, -0.1) is 0 Å². The van der Waals surface area contributed by atoms with Crippen LogP contribution in [0.1, 0.15) is 18.4 Å². The molecule has 0 spiro atoms. The van der Waals surface area contributed by atoms with E-state index in [1.165, 1.54) is 6.07 Å². The molecule has 6 nitrogen and oxygen atoms in total. The van der Waals surface area contributed by atoms with Crippen LogP contribution >= 0.6 is 0 Å². The van der Waals surface area contributed by atoms with Gasteiger partial charge in [0.25, 0.3) is 0 Å². The first-order valence-corrected chi connectivity index (χ1v) is 7.31. The Morgan fingerprint density at radius 3 is 2.48 bits per heavy atom. The summed E-state index contributed by atoms with van der Waals surface area (Å²) in [6.45, 7) is 1.74. The molecule has 1 unspecified atom stereocenters. The SMILES string of the molecule is CC(C(=O)NC1NNNN1)c1ccc(-c2ccccc2)c(F)c1. The summed E-state index contributed by atoms with van der Waals surface area (Å²) in [5.74, 6) is -1.03. The van der Waals surface area contributed by atoms with Gasteiger partial charge in [-0.2, -0.15) is 11.1 Å². The van der Waals surface area contributed by atoms with Crippen LogP contribution in [-0.2, 0) is 4.79 Å². The highest BCUT2D eigenvalue weighted by molar-refractivity contribution is 5.83. The Hall–Kier alpha value is -2.32. The lowest BCUT2D eigenvalue weighted by Gasteiger charge is -2.17. The van der Waals surface area contributed by atoms with Crippen LogP contribution in [0.25, 0.3) is 11.1 Å². The van der Waals surface area contributed by atoms with Gasteiger partial charge in [0.2, 0.25) is 5.91 Å². The van der Waals surface area contributed by atoms with Crippen LogP contribution in [0.4, 0.5) is 4.39 Å². The highest BCUT2D eigenvalue weighted by Gasteiger charge is 2.21. The maximum Gasteiger partial charge on any atom is 0.229 e. The van der Waals surface area contributed by atoms with Gasteiger partial charge >= 0.3 is 0 Å². The van der Waals surface area contributed by atoms with Crippen LogP contribution in [0, 0.1) is 5.82 Å². The average molecular weight is 315 g/mol. The van der Waals surface area contributed by atoms with Crippen LogP contribution in [0.15, 0.2) is 48.5 Å². The molecule has 0 bridgehead atoms. The molecule has 0 aliphatic carbocycles. The van der Waals surface area contributed by atoms with E-state index in [2.05, 4.69) is 27.2 Å². The number of hydrazine groups is 3. The molecule has 5 N–H and O–H groups in total. The predicted octanol–water partition coefficient (Wildman–Crippen LogP) is 1.11. The predicted molar refractivity (Wildman–Crippen MR) is 84.7 cm³/mol. The van der Waals surface area contributed by atoms with Gasteiger partial charge in [0.1, 0.15) is 5.82 Å². The van der Waals surface area contributed by atoms with Crippen LogP contribution < -0.4 is 27.2 Å². The van der Waals surface area contributed by atoms with E-state index in [0.717, 1.165) is 5.56 Å². The lowest BCUT2D eigenvalue weighted by atomic mass is 9.96. The number of carbonyl (C=O) groups excluding carboxylic acids is 1. The standard InChI is InChI=1S/C16H18FN5O/c1-10(15(23)18-16-19-21-22-20-16)12-7-8-13(14(17)9-12)11-5-3-2-4-6-11/h2-10,16,19-22H,1H3,(H,18,23). The number of carbonyl (C=O) groups is 1. The summed E-state index contributed by atoms with van der Waals surface area (Å²) in [6, 6.07) is 14.2. The van der Waals surface area contributed by atoms with Crippen LogP contribution in [-0.4, -0.2) is 12.2 Å². The fraction of sp³-hybridized carbons (Fsp3) is 0.188. The fourth-order valence-electron chi connectivity index (χ4n) is 2.40. The quantitative estimate of drug-likeness (QED) is 0.584. The molecule has 1 aliphatic heterocycles. The summed E-state index contributed by atoms with van der Waals surface area (Å²) in [5.41, 5.74) is 12.7. The molecule has 120 valence electrons. The van der Waals surface area contributed by atoms with Gasteiger partial charge < -0.3 is 5.32 Å². The van der Waals surface area contributed by atoms with Crippen molar-refractivity contribution >= 4 is 5.91 Å². The molecule has 2 aromatic rings. The van der Waals surface area contributed by atoms with Crippen molar-refractivity contribution in [2.24, 2.45) is 0 Å². The molecule has 1 fully saturated rings. The van der Waals surface area contributed by atoms with Crippen molar-refractivity contribution in [3.05, 3.63) is 59.9 Å². The van der Waals surface area contributed by atoms with Crippen LogP contribution in [0.3, 0.4) is 0 Å². The summed E-state index contributed by atoms with van der Waals surface area (Å²) in [7, 11) is 0. The highest BCUT2D eigenvalue weighted by atomic mass is 19.1. The van der Waals surface area contributed by atoms with Gasteiger partial charge in [-0.3, -0.25) is 4.79 Å². The fourth-order valence-corrected chi connectivity index (χ4v) is 2.40. The second-order valence-corrected chi connectivity index (χ2v) is 5.31. The normalized spacial score (nSPS) is 16.3. The Morgan fingerprint density at radius 2 is 1.83 bits per heavy atom. The van der Waals surface area contributed by atoms with Crippen LogP contribution in [0.5, 0.6) is 0 Å². The summed E-state index contributed by atoms with van der Waals surface area (Å²) in [4.78, 5) is 12.2. The molecule has 1 heterocycles. The monoisotopic (exact) mass is 315 g/mol. The Kier molecular flexibility index (Phi) is 4.63. The topological polar surface area (TPSA) is 77.2 Å². The molecule has 0 aromatic heterocycles. The minimum Gasteiger partial charge on any atom is -0.326 e. The number of halogens is 1. The molecule has 1 aliphatic rings. The molecule has 1 saturated heterocycles. The second-order valence-electron chi connectivity index (χ2n) is 5.31. The van der Waals surface area contributed by atoms with Gasteiger partial charge in [0.15, 0.2) is 6.29 Å². The van der Waals surface area contributed by atoms with E-state index in [-0.39, 0.29) is 11.7 Å². The number of nitrogens with one attached hydrogen (secondary N) is 5. The maximum absolute atomic E-state index is 14.4. The zero-order chi connectivity index (χ0) is 16.2. The van der Waals surface area contributed by atoms with Gasteiger partial charge in [-0.05, 0) is 24.1 Å². The summed E-state index contributed by atoms with van der Waals surface area (Å²) >= 11 is 0. The Balaban J connectivity index is 1.75. The van der Waals surface area contributed by atoms with Gasteiger partial charge in [0, 0.05) is 5.56 Å². The molecular formula is C16H18FN5O. The Bertz CT molecular complexity index is 688. The number of hydrogen-bond acceptors (Lipinski definition) is 5. The molecule has 1 atom stereocenters. The van der Waals surface area contributed by atoms with Crippen molar-refractivity contribution in [2.75, 3.05) is 0 Å². The first-order chi connectivity index (χ1) is 11.1. The number of benzene rings is 2. The smallest absolute Gasteiger partial charge is 0.229 e. The molecule has 1 amide bonds. The van der Waals surface area contributed by atoms with Crippen molar-refractivity contribution < 1.29 is 9.18 Å².